The van der Waals surface area contributed by atoms with Crippen LogP contribution in [-0.4, -0.2) is 39.5 Å². The molecule has 13 heteroatoms. The summed E-state index contributed by atoms with van der Waals surface area (Å²) in [4.78, 5) is 8.43. The zero-order chi connectivity index (χ0) is 23.6. The summed E-state index contributed by atoms with van der Waals surface area (Å²) in [6, 6.07) is 6.37. The van der Waals surface area contributed by atoms with Crippen molar-refractivity contribution in [2.75, 3.05) is 6.61 Å². The number of pyridine rings is 1. The Hall–Kier alpha value is -3.16. The average molecular weight is 472 g/mol. The highest BCUT2D eigenvalue weighted by atomic mass is 19.4. The summed E-state index contributed by atoms with van der Waals surface area (Å²) in [6.07, 6.45) is -4.49. The molecular formula is C20H18F6N6O. The number of nitrogens with one attached hydrogen (secondary N) is 3. The number of aromatic nitrogens is 3. The van der Waals surface area contributed by atoms with E-state index in [1.165, 1.54) is 30.7 Å². The van der Waals surface area contributed by atoms with Gasteiger partial charge in [0, 0.05) is 18.0 Å². The van der Waals surface area contributed by atoms with E-state index in [1.807, 2.05) is 0 Å². The molecule has 2 unspecified atom stereocenters. The zero-order valence-electron chi connectivity index (χ0n) is 16.8. The number of hydrogen-bond acceptors (Lipinski definition) is 6. The van der Waals surface area contributed by atoms with Gasteiger partial charge in [0.25, 0.3) is 0 Å². The molecule has 1 aliphatic rings. The van der Waals surface area contributed by atoms with Crippen LogP contribution in [0.25, 0.3) is 11.4 Å². The molecule has 1 saturated heterocycles. The van der Waals surface area contributed by atoms with Crippen molar-refractivity contribution in [1.29, 1.82) is 0 Å². The third-order valence-electron chi connectivity index (χ3n) is 4.90. The Labute approximate surface area is 183 Å². The van der Waals surface area contributed by atoms with Crippen molar-refractivity contribution in [3.63, 3.8) is 0 Å². The molecule has 33 heavy (non-hydrogen) atoms. The van der Waals surface area contributed by atoms with E-state index >= 15 is 0 Å². The molecule has 0 aliphatic carbocycles. The number of nitrogens with zero attached hydrogens (tertiary/aromatic N) is 3. The first kappa shape index (κ1) is 23.0. The van der Waals surface area contributed by atoms with Crippen LogP contribution in [0, 0.1) is 0 Å². The number of rotatable bonds is 6. The van der Waals surface area contributed by atoms with Crippen molar-refractivity contribution in [3.8, 4) is 17.1 Å². The molecule has 2 atom stereocenters. The Kier molecular flexibility index (Phi) is 6.28. The predicted molar refractivity (Wildman–Crippen MR) is 105 cm³/mol. The summed E-state index contributed by atoms with van der Waals surface area (Å²) in [6.45, 7) is -1.23. The summed E-state index contributed by atoms with van der Waals surface area (Å²) >= 11 is 0. The highest BCUT2D eigenvalue weighted by Crippen LogP contribution is 2.32. The molecule has 3 N–H and O–H groups in total. The first-order valence-corrected chi connectivity index (χ1v) is 9.68. The second kappa shape index (κ2) is 9.00. The van der Waals surface area contributed by atoms with E-state index in [4.69, 9.17) is 4.74 Å². The van der Waals surface area contributed by atoms with Gasteiger partial charge in [-0.15, -0.1) is 0 Å². The Morgan fingerprint density at radius 1 is 0.970 bits per heavy atom. The van der Waals surface area contributed by atoms with Gasteiger partial charge in [0.05, 0.1) is 24.6 Å². The fourth-order valence-electron chi connectivity index (χ4n) is 3.40. The second-order valence-corrected chi connectivity index (χ2v) is 7.33. The van der Waals surface area contributed by atoms with Gasteiger partial charge in [-0.2, -0.15) is 31.9 Å². The lowest BCUT2D eigenvalue weighted by molar-refractivity contribution is -0.156. The fraction of sp³-hybridized carbons (Fsp3) is 0.300. The van der Waals surface area contributed by atoms with Crippen molar-refractivity contribution < 1.29 is 31.1 Å². The maximum absolute atomic E-state index is 13.2. The van der Waals surface area contributed by atoms with E-state index in [2.05, 4.69) is 26.4 Å². The number of benzene rings is 1. The SMILES string of the molecule is FC(F)(F)COc1ccccc1Cn1cnc(-c2cc(C3NNNC3C(F)(F)F)ccn2)c1. The van der Waals surface area contributed by atoms with Crippen LogP contribution >= 0.6 is 0 Å². The summed E-state index contributed by atoms with van der Waals surface area (Å²) in [7, 11) is 0. The molecule has 1 aromatic carbocycles. The molecule has 0 radical (unpaired) electrons. The van der Waals surface area contributed by atoms with Gasteiger partial charge in [0.15, 0.2) is 6.61 Å². The molecule has 0 amide bonds. The largest absolute Gasteiger partial charge is 0.484 e. The molecular weight excluding hydrogens is 454 g/mol. The quantitative estimate of drug-likeness (QED) is 0.477. The first-order chi connectivity index (χ1) is 15.6. The summed E-state index contributed by atoms with van der Waals surface area (Å²) in [5, 5.41) is 0. The Morgan fingerprint density at radius 2 is 1.76 bits per heavy atom. The maximum Gasteiger partial charge on any atom is 0.422 e. The second-order valence-electron chi connectivity index (χ2n) is 7.33. The first-order valence-electron chi connectivity index (χ1n) is 9.68. The van der Waals surface area contributed by atoms with Crippen LogP contribution in [0.5, 0.6) is 5.75 Å². The van der Waals surface area contributed by atoms with Crippen LogP contribution in [0.3, 0.4) is 0 Å². The zero-order valence-corrected chi connectivity index (χ0v) is 16.8. The van der Waals surface area contributed by atoms with Gasteiger partial charge in [-0.3, -0.25) is 4.98 Å². The van der Waals surface area contributed by atoms with Crippen LogP contribution < -0.4 is 21.1 Å². The number of para-hydroxylation sites is 1. The van der Waals surface area contributed by atoms with Crippen molar-refractivity contribution in [3.05, 3.63) is 66.2 Å². The lowest BCUT2D eigenvalue weighted by Gasteiger charge is -2.21. The van der Waals surface area contributed by atoms with Gasteiger partial charge in [0.1, 0.15) is 17.5 Å². The van der Waals surface area contributed by atoms with Crippen LogP contribution in [-0.2, 0) is 6.54 Å². The minimum atomic E-state index is -4.48. The van der Waals surface area contributed by atoms with Gasteiger partial charge in [0.2, 0.25) is 0 Å². The fourth-order valence-corrected chi connectivity index (χ4v) is 3.40. The topological polar surface area (TPSA) is 76.0 Å². The maximum atomic E-state index is 13.2. The van der Waals surface area contributed by atoms with E-state index in [9.17, 15) is 26.3 Å². The van der Waals surface area contributed by atoms with E-state index in [-0.39, 0.29) is 12.3 Å². The van der Waals surface area contributed by atoms with Crippen molar-refractivity contribution in [1.82, 2.24) is 30.9 Å². The Balaban J connectivity index is 1.52. The molecule has 3 heterocycles. The van der Waals surface area contributed by atoms with Gasteiger partial charge >= 0.3 is 12.4 Å². The van der Waals surface area contributed by atoms with E-state index < -0.39 is 31.0 Å². The Morgan fingerprint density at radius 3 is 2.52 bits per heavy atom. The number of hydrogen-bond donors (Lipinski definition) is 3. The molecule has 1 fully saturated rings. The molecule has 2 aromatic heterocycles. The van der Waals surface area contributed by atoms with Crippen LogP contribution in [0.1, 0.15) is 17.2 Å². The Bertz CT molecular complexity index is 1100. The van der Waals surface area contributed by atoms with E-state index in [1.54, 1.807) is 29.0 Å². The smallest absolute Gasteiger partial charge is 0.422 e. The third kappa shape index (κ3) is 5.61. The third-order valence-corrected chi connectivity index (χ3v) is 4.90. The van der Waals surface area contributed by atoms with Gasteiger partial charge in [-0.25, -0.2) is 15.8 Å². The number of halogens is 6. The van der Waals surface area contributed by atoms with Gasteiger partial charge in [-0.05, 0) is 23.8 Å². The lowest BCUT2D eigenvalue weighted by atomic mass is 10.0. The van der Waals surface area contributed by atoms with Gasteiger partial charge in [-0.1, -0.05) is 18.2 Å². The van der Waals surface area contributed by atoms with E-state index in [0.29, 0.717) is 22.5 Å². The summed E-state index contributed by atoms with van der Waals surface area (Å²) in [5.41, 5.74) is 8.60. The predicted octanol–water partition coefficient (Wildman–Crippen LogP) is 3.52. The molecule has 0 spiro atoms. The molecule has 7 nitrogen and oxygen atoms in total. The highest BCUT2D eigenvalue weighted by Gasteiger charge is 2.48. The van der Waals surface area contributed by atoms with Crippen LogP contribution in [0.4, 0.5) is 26.3 Å². The molecule has 3 aromatic rings. The monoisotopic (exact) mass is 472 g/mol. The number of alkyl halides is 6. The molecule has 4 rings (SSSR count). The van der Waals surface area contributed by atoms with Gasteiger partial charge < -0.3 is 9.30 Å². The summed E-state index contributed by atoms with van der Waals surface area (Å²) in [5.74, 6) is 0.0932. The van der Waals surface area contributed by atoms with E-state index in [0.717, 1.165) is 0 Å². The summed E-state index contributed by atoms with van der Waals surface area (Å²) < 4.78 is 83.7. The minimum Gasteiger partial charge on any atom is -0.484 e. The lowest BCUT2D eigenvalue weighted by Crippen LogP contribution is -2.43. The molecule has 0 saturated carbocycles. The number of imidazole rings is 1. The molecule has 176 valence electrons. The molecule has 1 aliphatic heterocycles. The minimum absolute atomic E-state index is 0.0932. The molecule has 0 bridgehead atoms. The van der Waals surface area contributed by atoms with Crippen molar-refractivity contribution >= 4 is 0 Å². The number of hydrazine groups is 2. The van der Waals surface area contributed by atoms with Crippen LogP contribution in [0.15, 0.2) is 55.1 Å². The van der Waals surface area contributed by atoms with Crippen molar-refractivity contribution in [2.24, 2.45) is 0 Å². The average Bonchev–Trinajstić information content (AvgIpc) is 3.42. The van der Waals surface area contributed by atoms with Crippen LogP contribution in [0.2, 0.25) is 0 Å². The number of ether oxygens (including phenoxy) is 1. The van der Waals surface area contributed by atoms with Crippen molar-refractivity contribution in [2.45, 2.75) is 31.0 Å². The highest BCUT2D eigenvalue weighted by molar-refractivity contribution is 5.54. The normalized spacial score (nSPS) is 19.1. The standard InChI is InChI=1S/C20H18F6N6O/c21-19(22,23)10-33-16-4-2-1-3-13(16)8-32-9-15(28-11-32)14-7-12(5-6-27-14)17-18(20(24,25)26)30-31-29-17/h1-7,9,11,17-18,29-31H,8,10H2.